The molecule has 0 aliphatic heterocycles. The number of hydrogen-bond donors (Lipinski definition) is 1. The topological polar surface area (TPSA) is 69.4 Å². The molecule has 0 aromatic heterocycles. The lowest BCUT2D eigenvalue weighted by molar-refractivity contribution is 0.301. The van der Waals surface area contributed by atoms with E-state index in [0.29, 0.717) is 12.5 Å². The third kappa shape index (κ3) is 8.82. The van der Waals surface area contributed by atoms with Crippen molar-refractivity contribution in [1.29, 1.82) is 0 Å². The second-order valence-corrected chi connectivity index (χ2v) is 7.16. The molecular weight excluding hydrogens is 322 g/mol. The third-order valence-electron chi connectivity index (χ3n) is 3.61. The SMILES string of the molecule is CC[C@H](CCOS(C)(=O)=O)c1ccccc1.NCc1ccccc1. The maximum absolute atomic E-state index is 10.8. The van der Waals surface area contributed by atoms with E-state index in [1.54, 1.807) is 0 Å². The van der Waals surface area contributed by atoms with Crippen LogP contribution in [0.5, 0.6) is 0 Å². The van der Waals surface area contributed by atoms with Crippen molar-refractivity contribution in [2.75, 3.05) is 12.9 Å². The van der Waals surface area contributed by atoms with E-state index in [1.165, 1.54) is 11.1 Å². The normalized spacial score (nSPS) is 12.1. The van der Waals surface area contributed by atoms with Crippen LogP contribution in [0.4, 0.5) is 0 Å². The summed E-state index contributed by atoms with van der Waals surface area (Å²) in [5.74, 6) is 0.364. The van der Waals surface area contributed by atoms with Gasteiger partial charge >= 0.3 is 0 Å². The summed E-state index contributed by atoms with van der Waals surface area (Å²) in [6, 6.07) is 20.1. The van der Waals surface area contributed by atoms with Crippen LogP contribution in [-0.4, -0.2) is 21.3 Å². The second-order valence-electron chi connectivity index (χ2n) is 5.52. The molecule has 0 aliphatic carbocycles. The lowest BCUT2D eigenvalue weighted by atomic mass is 9.94. The van der Waals surface area contributed by atoms with Crippen molar-refractivity contribution in [1.82, 2.24) is 0 Å². The van der Waals surface area contributed by atoms with Crippen LogP contribution in [0.1, 0.15) is 36.8 Å². The molecule has 0 radical (unpaired) electrons. The summed E-state index contributed by atoms with van der Waals surface area (Å²) in [6.45, 7) is 2.99. The van der Waals surface area contributed by atoms with Gasteiger partial charge in [0.05, 0.1) is 12.9 Å². The van der Waals surface area contributed by atoms with E-state index in [1.807, 2.05) is 48.5 Å². The number of rotatable bonds is 7. The molecule has 4 nitrogen and oxygen atoms in total. The zero-order chi connectivity index (χ0) is 17.8. The predicted molar refractivity (Wildman–Crippen MR) is 99.2 cm³/mol. The van der Waals surface area contributed by atoms with Gasteiger partial charge in [0.2, 0.25) is 0 Å². The number of benzene rings is 2. The monoisotopic (exact) mass is 349 g/mol. The second kappa shape index (κ2) is 11.0. The fraction of sp³-hybridized carbons (Fsp3) is 0.368. The van der Waals surface area contributed by atoms with Crippen molar-refractivity contribution < 1.29 is 12.6 Å². The van der Waals surface area contributed by atoms with Crippen molar-refractivity contribution >= 4 is 10.1 Å². The highest BCUT2D eigenvalue weighted by atomic mass is 32.2. The molecule has 2 aromatic rings. The van der Waals surface area contributed by atoms with Gasteiger partial charge in [-0.3, -0.25) is 4.18 Å². The van der Waals surface area contributed by atoms with Crippen molar-refractivity contribution in [3.05, 3.63) is 71.8 Å². The molecule has 2 rings (SSSR count). The molecule has 24 heavy (non-hydrogen) atoms. The number of nitrogens with two attached hydrogens (primary N) is 1. The van der Waals surface area contributed by atoms with Gasteiger partial charge in [-0.25, -0.2) is 0 Å². The minimum Gasteiger partial charge on any atom is -0.326 e. The van der Waals surface area contributed by atoms with Gasteiger partial charge in [-0.15, -0.1) is 0 Å². The van der Waals surface area contributed by atoms with Crippen LogP contribution in [0.15, 0.2) is 60.7 Å². The summed E-state index contributed by atoms with van der Waals surface area (Å²) in [6.07, 6.45) is 2.79. The lowest BCUT2D eigenvalue weighted by Gasteiger charge is -2.14. The van der Waals surface area contributed by atoms with Gasteiger partial charge in [0.25, 0.3) is 10.1 Å². The minimum atomic E-state index is -3.31. The van der Waals surface area contributed by atoms with Gasteiger partial charge in [-0.2, -0.15) is 8.42 Å². The Bertz CT molecular complexity index is 658. The Labute approximate surface area is 145 Å². The first kappa shape index (κ1) is 20.4. The maximum atomic E-state index is 10.8. The van der Waals surface area contributed by atoms with E-state index in [-0.39, 0.29) is 6.61 Å². The smallest absolute Gasteiger partial charge is 0.264 e. The predicted octanol–water partition coefficient (Wildman–Crippen LogP) is 3.69. The highest BCUT2D eigenvalue weighted by Gasteiger charge is 2.10. The highest BCUT2D eigenvalue weighted by molar-refractivity contribution is 7.85. The molecule has 0 amide bonds. The maximum Gasteiger partial charge on any atom is 0.264 e. The first-order valence-corrected chi connectivity index (χ1v) is 9.91. The molecule has 0 saturated carbocycles. The summed E-state index contributed by atoms with van der Waals surface area (Å²) >= 11 is 0. The van der Waals surface area contributed by atoms with Crippen LogP contribution in [0, 0.1) is 0 Å². The standard InChI is InChI=1S/C12H18O3S.C7H9N/c1-3-11(9-10-15-16(2,13)14)12-7-5-4-6-8-12;8-6-7-4-2-1-3-5-7/h4-8,11H,3,9-10H2,1-2H3;1-5H,6,8H2/t11-;/m1./s1. The quantitative estimate of drug-likeness (QED) is 0.774. The summed E-state index contributed by atoms with van der Waals surface area (Å²) in [7, 11) is -3.31. The molecule has 0 spiro atoms. The van der Waals surface area contributed by atoms with Gasteiger partial charge in [-0.05, 0) is 29.9 Å². The molecule has 0 heterocycles. The van der Waals surface area contributed by atoms with Gasteiger partial charge in [0.1, 0.15) is 0 Å². The van der Waals surface area contributed by atoms with Crippen LogP contribution in [0.3, 0.4) is 0 Å². The van der Waals surface area contributed by atoms with E-state index in [4.69, 9.17) is 9.92 Å². The first-order valence-electron chi connectivity index (χ1n) is 8.09. The molecule has 0 saturated heterocycles. The van der Waals surface area contributed by atoms with Crippen LogP contribution in [0.25, 0.3) is 0 Å². The van der Waals surface area contributed by atoms with Gasteiger partial charge in [0, 0.05) is 6.54 Å². The fourth-order valence-electron chi connectivity index (χ4n) is 2.29. The van der Waals surface area contributed by atoms with Crippen LogP contribution < -0.4 is 5.73 Å². The third-order valence-corrected chi connectivity index (χ3v) is 4.20. The van der Waals surface area contributed by atoms with Crippen molar-refractivity contribution in [3.8, 4) is 0 Å². The van der Waals surface area contributed by atoms with Gasteiger partial charge < -0.3 is 5.73 Å². The molecule has 2 N–H and O–H groups in total. The Morgan fingerprint density at radius 1 is 1.00 bits per heavy atom. The Morgan fingerprint density at radius 3 is 1.96 bits per heavy atom. The lowest BCUT2D eigenvalue weighted by Crippen LogP contribution is -2.08. The first-order chi connectivity index (χ1) is 11.5. The Kier molecular flexibility index (Phi) is 9.30. The van der Waals surface area contributed by atoms with E-state index in [0.717, 1.165) is 19.1 Å². The average molecular weight is 349 g/mol. The molecule has 5 heteroatoms. The molecule has 2 aromatic carbocycles. The average Bonchev–Trinajstić information content (AvgIpc) is 2.60. The van der Waals surface area contributed by atoms with Crippen molar-refractivity contribution in [2.45, 2.75) is 32.2 Å². The van der Waals surface area contributed by atoms with Crippen LogP contribution >= 0.6 is 0 Å². The number of hydrogen-bond acceptors (Lipinski definition) is 4. The van der Waals surface area contributed by atoms with E-state index < -0.39 is 10.1 Å². The van der Waals surface area contributed by atoms with Crippen LogP contribution in [-0.2, 0) is 20.8 Å². The summed E-state index contributed by atoms with van der Waals surface area (Å²) in [5, 5.41) is 0. The Hall–Kier alpha value is -1.69. The Morgan fingerprint density at radius 2 is 1.54 bits per heavy atom. The van der Waals surface area contributed by atoms with Gasteiger partial charge in [0.15, 0.2) is 0 Å². The molecule has 1 atom stereocenters. The molecular formula is C19H27NO3S. The molecule has 0 aliphatic rings. The Balaban J connectivity index is 0.000000300. The van der Waals surface area contributed by atoms with Crippen LogP contribution in [0.2, 0.25) is 0 Å². The zero-order valence-electron chi connectivity index (χ0n) is 14.4. The van der Waals surface area contributed by atoms with Gasteiger partial charge in [-0.1, -0.05) is 67.6 Å². The molecule has 0 unspecified atom stereocenters. The van der Waals surface area contributed by atoms with Crippen molar-refractivity contribution in [3.63, 3.8) is 0 Å². The summed E-state index contributed by atoms with van der Waals surface area (Å²) < 4.78 is 26.4. The molecule has 0 bridgehead atoms. The minimum absolute atomic E-state index is 0.256. The molecule has 0 fully saturated rings. The summed E-state index contributed by atoms with van der Waals surface area (Å²) in [4.78, 5) is 0. The summed E-state index contributed by atoms with van der Waals surface area (Å²) in [5.41, 5.74) is 7.78. The van der Waals surface area contributed by atoms with E-state index in [2.05, 4.69) is 19.1 Å². The van der Waals surface area contributed by atoms with E-state index >= 15 is 0 Å². The molecule has 132 valence electrons. The van der Waals surface area contributed by atoms with Crippen molar-refractivity contribution in [2.24, 2.45) is 5.73 Å². The highest BCUT2D eigenvalue weighted by Crippen LogP contribution is 2.22. The fourth-order valence-corrected chi connectivity index (χ4v) is 2.69. The van der Waals surface area contributed by atoms with E-state index in [9.17, 15) is 8.42 Å². The zero-order valence-corrected chi connectivity index (χ0v) is 15.2. The largest absolute Gasteiger partial charge is 0.326 e.